The maximum absolute atomic E-state index is 13.1. The SMILES string of the molecule is Cc1cc(C)n(-c2ccc(N3CCN(S(=O)(=O)c4ccc5c(c4)CCO5)CC3)nn2)n1. The molecule has 1 fully saturated rings. The molecule has 0 bridgehead atoms. The minimum atomic E-state index is -3.53. The van der Waals surface area contributed by atoms with E-state index in [1.807, 2.05) is 32.0 Å². The van der Waals surface area contributed by atoms with E-state index in [0.717, 1.165) is 34.9 Å². The van der Waals surface area contributed by atoms with E-state index in [-0.39, 0.29) is 0 Å². The summed E-state index contributed by atoms with van der Waals surface area (Å²) < 4.78 is 35.0. The number of nitrogens with zero attached hydrogens (tertiary/aromatic N) is 6. The Bertz CT molecular complexity index is 1210. The summed E-state index contributed by atoms with van der Waals surface area (Å²) in [7, 11) is -3.53. The molecular weight excluding hydrogens is 416 g/mol. The summed E-state index contributed by atoms with van der Waals surface area (Å²) in [5.41, 5.74) is 2.88. The van der Waals surface area contributed by atoms with Crippen molar-refractivity contribution in [1.29, 1.82) is 0 Å². The van der Waals surface area contributed by atoms with Gasteiger partial charge in [-0.25, -0.2) is 13.1 Å². The Morgan fingerprint density at radius 3 is 2.35 bits per heavy atom. The van der Waals surface area contributed by atoms with E-state index >= 15 is 0 Å². The van der Waals surface area contributed by atoms with Crippen LogP contribution in [0.15, 0.2) is 41.3 Å². The van der Waals surface area contributed by atoms with Crippen LogP contribution in [0.4, 0.5) is 5.82 Å². The van der Waals surface area contributed by atoms with Crippen molar-refractivity contribution in [1.82, 2.24) is 24.3 Å². The van der Waals surface area contributed by atoms with E-state index in [1.165, 1.54) is 0 Å². The molecule has 5 rings (SSSR count). The lowest BCUT2D eigenvalue weighted by Gasteiger charge is -2.34. The fourth-order valence-electron chi connectivity index (χ4n) is 4.09. The summed E-state index contributed by atoms with van der Waals surface area (Å²) in [5, 5.41) is 13.1. The highest BCUT2D eigenvalue weighted by atomic mass is 32.2. The molecular formula is C21H24N6O3S. The second kappa shape index (κ2) is 7.61. The average Bonchev–Trinajstić information content (AvgIpc) is 3.39. The average molecular weight is 441 g/mol. The number of benzene rings is 1. The molecule has 0 spiro atoms. The quantitative estimate of drug-likeness (QED) is 0.610. The zero-order valence-electron chi connectivity index (χ0n) is 17.5. The van der Waals surface area contributed by atoms with Crippen LogP contribution in [0.5, 0.6) is 5.75 Å². The molecule has 9 nitrogen and oxygen atoms in total. The Hall–Kier alpha value is -2.98. The maximum Gasteiger partial charge on any atom is 0.243 e. The first kappa shape index (κ1) is 20.0. The lowest BCUT2D eigenvalue weighted by molar-refractivity contribution is 0.356. The smallest absolute Gasteiger partial charge is 0.243 e. The largest absolute Gasteiger partial charge is 0.493 e. The molecule has 1 saturated heterocycles. The van der Waals surface area contributed by atoms with Crippen molar-refractivity contribution in [2.45, 2.75) is 25.2 Å². The van der Waals surface area contributed by atoms with Gasteiger partial charge in [0.15, 0.2) is 11.6 Å². The number of aromatic nitrogens is 4. The molecule has 3 aromatic rings. The fraction of sp³-hybridized carbons (Fsp3) is 0.381. The lowest BCUT2D eigenvalue weighted by Crippen LogP contribution is -2.49. The Labute approximate surface area is 181 Å². The Kier molecular flexibility index (Phi) is 4.90. The number of fused-ring (bicyclic) bond motifs is 1. The van der Waals surface area contributed by atoms with Crippen molar-refractivity contribution in [2.75, 3.05) is 37.7 Å². The summed E-state index contributed by atoms with van der Waals surface area (Å²) in [6, 6.07) is 10.9. The molecule has 0 unspecified atom stereocenters. The van der Waals surface area contributed by atoms with E-state index in [4.69, 9.17) is 4.74 Å². The highest BCUT2D eigenvalue weighted by Crippen LogP contribution is 2.29. The summed E-state index contributed by atoms with van der Waals surface area (Å²) in [6.07, 6.45) is 0.749. The number of aryl methyl sites for hydroxylation is 2. The fourth-order valence-corrected chi connectivity index (χ4v) is 5.56. The third kappa shape index (κ3) is 3.66. The minimum Gasteiger partial charge on any atom is -0.493 e. The van der Waals surface area contributed by atoms with Gasteiger partial charge in [-0.05, 0) is 55.8 Å². The third-order valence-corrected chi connectivity index (χ3v) is 7.62. The number of anilines is 1. The normalized spacial score (nSPS) is 16.9. The maximum atomic E-state index is 13.1. The molecule has 0 atom stereocenters. The van der Waals surface area contributed by atoms with Crippen molar-refractivity contribution in [2.24, 2.45) is 0 Å². The molecule has 0 amide bonds. The second-order valence-corrected chi connectivity index (χ2v) is 9.79. The van der Waals surface area contributed by atoms with Gasteiger partial charge in [0, 0.05) is 38.3 Å². The number of ether oxygens (including phenoxy) is 1. The van der Waals surface area contributed by atoms with Crippen molar-refractivity contribution < 1.29 is 13.2 Å². The zero-order valence-corrected chi connectivity index (χ0v) is 18.3. The van der Waals surface area contributed by atoms with Gasteiger partial charge in [-0.2, -0.15) is 9.40 Å². The molecule has 2 aliphatic heterocycles. The summed E-state index contributed by atoms with van der Waals surface area (Å²) >= 11 is 0. The standard InChI is InChI=1S/C21H24N6O3S/c1-15-13-16(2)27(24-15)21-6-5-20(22-23-21)25-8-10-26(11-9-25)31(28,29)18-3-4-19-17(14-18)7-12-30-19/h3-6,13-14H,7-12H2,1-2H3. The first-order chi connectivity index (χ1) is 14.9. The first-order valence-electron chi connectivity index (χ1n) is 10.3. The van der Waals surface area contributed by atoms with Crippen LogP contribution in [-0.4, -0.2) is 65.5 Å². The van der Waals surface area contributed by atoms with Gasteiger partial charge in [0.05, 0.1) is 17.2 Å². The van der Waals surface area contributed by atoms with Crippen LogP contribution >= 0.6 is 0 Å². The van der Waals surface area contributed by atoms with Gasteiger partial charge in [-0.3, -0.25) is 0 Å². The van der Waals surface area contributed by atoms with Crippen LogP contribution in [0.25, 0.3) is 5.82 Å². The highest BCUT2D eigenvalue weighted by Gasteiger charge is 2.30. The summed E-state index contributed by atoms with van der Waals surface area (Å²) in [6.45, 7) is 6.44. The van der Waals surface area contributed by atoms with Gasteiger partial charge in [0.25, 0.3) is 0 Å². The van der Waals surface area contributed by atoms with Crippen molar-refractivity contribution in [3.63, 3.8) is 0 Å². The minimum absolute atomic E-state index is 0.333. The number of rotatable bonds is 4. The molecule has 1 aromatic carbocycles. The summed E-state index contributed by atoms with van der Waals surface area (Å²) in [5.74, 6) is 2.18. The zero-order chi connectivity index (χ0) is 21.6. The lowest BCUT2D eigenvalue weighted by atomic mass is 10.2. The first-order valence-corrected chi connectivity index (χ1v) is 11.7. The Morgan fingerprint density at radius 2 is 1.68 bits per heavy atom. The van der Waals surface area contributed by atoms with Crippen LogP contribution in [0.3, 0.4) is 0 Å². The van der Waals surface area contributed by atoms with Crippen LogP contribution in [0.1, 0.15) is 17.0 Å². The molecule has 0 saturated carbocycles. The van der Waals surface area contributed by atoms with Crippen molar-refractivity contribution in [3.05, 3.63) is 53.3 Å². The highest BCUT2D eigenvalue weighted by molar-refractivity contribution is 7.89. The summed E-state index contributed by atoms with van der Waals surface area (Å²) in [4.78, 5) is 2.39. The predicted octanol–water partition coefficient (Wildman–Crippen LogP) is 1.72. The molecule has 162 valence electrons. The predicted molar refractivity (Wildman–Crippen MR) is 115 cm³/mol. The monoisotopic (exact) mass is 440 g/mol. The molecule has 10 heteroatoms. The van der Waals surface area contributed by atoms with E-state index < -0.39 is 10.0 Å². The second-order valence-electron chi connectivity index (χ2n) is 7.85. The Balaban J connectivity index is 1.27. The molecule has 2 aromatic heterocycles. The van der Waals surface area contributed by atoms with Gasteiger partial charge in [0.1, 0.15) is 5.75 Å². The molecule has 2 aliphatic rings. The molecule has 4 heterocycles. The molecule has 0 aliphatic carbocycles. The van der Waals surface area contributed by atoms with Crippen LogP contribution < -0.4 is 9.64 Å². The number of piperazine rings is 1. The molecule has 31 heavy (non-hydrogen) atoms. The topological polar surface area (TPSA) is 93.5 Å². The van der Waals surface area contributed by atoms with Crippen molar-refractivity contribution >= 4 is 15.8 Å². The van der Waals surface area contributed by atoms with Crippen LogP contribution in [0, 0.1) is 13.8 Å². The van der Waals surface area contributed by atoms with Crippen molar-refractivity contribution in [3.8, 4) is 11.6 Å². The Morgan fingerprint density at radius 1 is 0.935 bits per heavy atom. The van der Waals surface area contributed by atoms with E-state index in [0.29, 0.717) is 43.5 Å². The molecule has 0 N–H and O–H groups in total. The van der Waals surface area contributed by atoms with Gasteiger partial charge in [0.2, 0.25) is 10.0 Å². The third-order valence-electron chi connectivity index (χ3n) is 5.72. The van der Waals surface area contributed by atoms with Gasteiger partial charge in [-0.1, -0.05) is 0 Å². The van der Waals surface area contributed by atoms with Crippen LogP contribution in [0.2, 0.25) is 0 Å². The number of sulfonamides is 1. The number of hydrogen-bond acceptors (Lipinski definition) is 7. The number of hydrogen-bond donors (Lipinski definition) is 0. The van der Waals surface area contributed by atoms with E-state index in [2.05, 4.69) is 20.2 Å². The van der Waals surface area contributed by atoms with Gasteiger partial charge < -0.3 is 9.64 Å². The van der Waals surface area contributed by atoms with E-state index in [1.54, 1.807) is 27.2 Å². The van der Waals surface area contributed by atoms with Gasteiger partial charge in [-0.15, -0.1) is 10.2 Å². The van der Waals surface area contributed by atoms with E-state index in [9.17, 15) is 8.42 Å². The molecule has 0 radical (unpaired) electrons. The van der Waals surface area contributed by atoms with Crippen LogP contribution in [-0.2, 0) is 16.4 Å². The van der Waals surface area contributed by atoms with Gasteiger partial charge >= 0.3 is 0 Å².